The summed E-state index contributed by atoms with van der Waals surface area (Å²) >= 11 is 3.41. The van der Waals surface area contributed by atoms with E-state index in [2.05, 4.69) is 36.8 Å². The van der Waals surface area contributed by atoms with Crippen molar-refractivity contribution in [3.8, 4) is 0 Å². The lowest BCUT2D eigenvalue weighted by Crippen LogP contribution is -2.30. The minimum Gasteiger partial charge on any atom is -0.460 e. The number of methoxy groups -OCH3 is 1. The van der Waals surface area contributed by atoms with Crippen LogP contribution in [0.2, 0.25) is 0 Å². The van der Waals surface area contributed by atoms with Crippen LogP contribution in [-0.4, -0.2) is 46.5 Å². The summed E-state index contributed by atoms with van der Waals surface area (Å²) in [7, 11) is 1.55. The van der Waals surface area contributed by atoms with Crippen LogP contribution in [0.15, 0.2) is 40.0 Å². The Morgan fingerprint density at radius 2 is 2.08 bits per heavy atom. The van der Waals surface area contributed by atoms with Crippen LogP contribution in [0.5, 0.6) is 0 Å². The van der Waals surface area contributed by atoms with Gasteiger partial charge in [-0.15, -0.1) is 0 Å². The van der Waals surface area contributed by atoms with E-state index in [1.165, 1.54) is 0 Å². The quantitative estimate of drug-likeness (QED) is 0.612. The number of benzene rings is 1. The van der Waals surface area contributed by atoms with Crippen molar-refractivity contribution in [2.75, 3.05) is 25.6 Å². The average Bonchev–Trinajstić information content (AvgIpc) is 3.02. The summed E-state index contributed by atoms with van der Waals surface area (Å²) in [6.45, 7) is 2.32. The zero-order valence-electron chi connectivity index (χ0n) is 13.2. The first-order valence-electron chi connectivity index (χ1n) is 7.29. The van der Waals surface area contributed by atoms with Crippen molar-refractivity contribution in [3.05, 3.63) is 45.6 Å². The van der Waals surface area contributed by atoms with Gasteiger partial charge in [0.25, 0.3) is 0 Å². The molecule has 0 spiro atoms. The van der Waals surface area contributed by atoms with Gasteiger partial charge >= 0.3 is 5.97 Å². The number of ether oxygens (including phenoxy) is 2. The number of carbonyl (C=O) groups excluding carboxylic acids is 1. The van der Waals surface area contributed by atoms with E-state index in [0.29, 0.717) is 23.8 Å². The highest BCUT2D eigenvalue weighted by Gasteiger charge is 2.34. The maximum atomic E-state index is 12.6. The monoisotopic (exact) mass is 393 g/mol. The van der Waals surface area contributed by atoms with Gasteiger partial charge in [0, 0.05) is 17.3 Å². The number of nitrogens with zero attached hydrogens (tertiary/aromatic N) is 4. The molecule has 0 bridgehead atoms. The summed E-state index contributed by atoms with van der Waals surface area (Å²) in [6, 6.07) is 7.19. The lowest BCUT2D eigenvalue weighted by atomic mass is 9.96. The number of esters is 1. The highest BCUT2D eigenvalue weighted by atomic mass is 79.9. The Hall–Kier alpha value is -2.26. The molecule has 24 heavy (non-hydrogen) atoms. The van der Waals surface area contributed by atoms with Gasteiger partial charge in [0.2, 0.25) is 5.95 Å². The minimum atomic E-state index is -0.459. The van der Waals surface area contributed by atoms with Crippen LogP contribution in [-0.2, 0) is 14.3 Å². The molecule has 1 N–H and O–H groups in total. The molecule has 1 atom stereocenters. The number of tetrazole rings is 1. The Labute approximate surface area is 147 Å². The molecule has 2 heterocycles. The normalized spacial score (nSPS) is 16.5. The summed E-state index contributed by atoms with van der Waals surface area (Å²) < 4.78 is 12.7. The molecule has 0 saturated carbocycles. The Morgan fingerprint density at radius 3 is 2.79 bits per heavy atom. The highest BCUT2D eigenvalue weighted by Crippen LogP contribution is 2.35. The van der Waals surface area contributed by atoms with Crippen LogP contribution in [0.1, 0.15) is 18.5 Å². The molecule has 0 radical (unpaired) electrons. The second-order valence-corrected chi connectivity index (χ2v) is 6.11. The Morgan fingerprint density at radius 1 is 1.33 bits per heavy atom. The number of halogens is 1. The van der Waals surface area contributed by atoms with Crippen molar-refractivity contribution in [1.29, 1.82) is 0 Å². The largest absolute Gasteiger partial charge is 0.460 e. The molecule has 1 aliphatic rings. The smallest absolute Gasteiger partial charge is 0.338 e. The lowest BCUT2D eigenvalue weighted by Gasteiger charge is -2.27. The molecule has 1 aromatic carbocycles. The third-order valence-corrected chi connectivity index (χ3v) is 4.17. The second-order valence-electron chi connectivity index (χ2n) is 5.19. The fourth-order valence-corrected chi connectivity index (χ4v) is 2.79. The van der Waals surface area contributed by atoms with Crippen molar-refractivity contribution in [3.63, 3.8) is 0 Å². The van der Waals surface area contributed by atoms with E-state index in [1.54, 1.807) is 18.7 Å². The Bertz CT molecular complexity index is 772. The maximum Gasteiger partial charge on any atom is 0.338 e. The summed E-state index contributed by atoms with van der Waals surface area (Å²) in [6.07, 6.45) is 0. The first kappa shape index (κ1) is 16.6. The number of hydrogen-bond donors (Lipinski definition) is 1. The van der Waals surface area contributed by atoms with Gasteiger partial charge in [-0.3, -0.25) is 0 Å². The van der Waals surface area contributed by atoms with Crippen molar-refractivity contribution in [1.82, 2.24) is 20.2 Å². The fourth-order valence-electron chi connectivity index (χ4n) is 2.53. The Kier molecular flexibility index (Phi) is 4.91. The average molecular weight is 394 g/mol. The van der Waals surface area contributed by atoms with Crippen LogP contribution in [0.25, 0.3) is 0 Å². The van der Waals surface area contributed by atoms with Crippen LogP contribution < -0.4 is 5.32 Å². The molecule has 1 aromatic heterocycles. The lowest BCUT2D eigenvalue weighted by molar-refractivity contribution is -0.140. The molecule has 0 unspecified atom stereocenters. The summed E-state index contributed by atoms with van der Waals surface area (Å²) in [5.41, 5.74) is 2.01. The van der Waals surface area contributed by atoms with Gasteiger partial charge in [0.05, 0.1) is 12.2 Å². The van der Waals surface area contributed by atoms with Crippen LogP contribution in [0.3, 0.4) is 0 Å². The van der Waals surface area contributed by atoms with Gasteiger partial charge < -0.3 is 14.8 Å². The second kappa shape index (κ2) is 7.10. The summed E-state index contributed by atoms with van der Waals surface area (Å²) in [4.78, 5) is 12.6. The maximum absolute atomic E-state index is 12.6. The molecule has 1 aliphatic heterocycles. The number of aromatic nitrogens is 4. The SMILES string of the molecule is COCCOC(=O)C1=C(C)Nc2nnnn2[C@H]1c1ccc(Br)cc1. The standard InChI is InChI=1S/C15H16BrN5O3/c1-9-12(14(22)24-8-7-23-2)13(10-3-5-11(16)6-4-10)21-15(17-9)18-19-20-21/h3-6,13H,7-8H2,1-2H3,(H,17,18,20)/t13-/m0/s1. The molecule has 0 amide bonds. The number of rotatable bonds is 5. The number of allylic oxidation sites excluding steroid dienone is 1. The van der Waals surface area contributed by atoms with Gasteiger partial charge in [0.1, 0.15) is 12.6 Å². The van der Waals surface area contributed by atoms with Crippen LogP contribution in [0.4, 0.5) is 5.95 Å². The fraction of sp³-hybridized carbons (Fsp3) is 0.333. The van der Waals surface area contributed by atoms with E-state index in [9.17, 15) is 4.79 Å². The molecule has 8 nitrogen and oxygen atoms in total. The Balaban J connectivity index is 2.00. The minimum absolute atomic E-state index is 0.182. The third kappa shape index (κ3) is 3.17. The number of fused-ring (bicyclic) bond motifs is 1. The van der Waals surface area contributed by atoms with Crippen molar-refractivity contribution in [2.24, 2.45) is 0 Å². The zero-order chi connectivity index (χ0) is 17.1. The molecular weight excluding hydrogens is 378 g/mol. The van der Waals surface area contributed by atoms with E-state index in [0.717, 1.165) is 10.0 Å². The molecule has 0 saturated heterocycles. The van der Waals surface area contributed by atoms with E-state index in [1.807, 2.05) is 24.3 Å². The van der Waals surface area contributed by atoms with Crippen molar-refractivity contribution >= 4 is 27.8 Å². The van der Waals surface area contributed by atoms with Crippen LogP contribution >= 0.6 is 15.9 Å². The topological polar surface area (TPSA) is 91.2 Å². The number of nitrogens with one attached hydrogen (secondary N) is 1. The van der Waals surface area contributed by atoms with E-state index in [-0.39, 0.29) is 6.61 Å². The van der Waals surface area contributed by atoms with Gasteiger partial charge in [-0.1, -0.05) is 33.2 Å². The van der Waals surface area contributed by atoms with Gasteiger partial charge in [-0.05, 0) is 35.0 Å². The highest BCUT2D eigenvalue weighted by molar-refractivity contribution is 9.10. The van der Waals surface area contributed by atoms with Gasteiger partial charge in [-0.25, -0.2) is 4.79 Å². The summed E-state index contributed by atoms with van der Waals surface area (Å²) in [5, 5.41) is 14.7. The molecule has 9 heteroatoms. The number of hydrogen-bond acceptors (Lipinski definition) is 7. The number of carbonyl (C=O) groups is 1. The molecule has 0 fully saturated rings. The van der Waals surface area contributed by atoms with Gasteiger partial charge in [0.15, 0.2) is 0 Å². The van der Waals surface area contributed by atoms with Gasteiger partial charge in [-0.2, -0.15) is 4.68 Å². The van der Waals surface area contributed by atoms with Crippen LogP contribution in [0, 0.1) is 0 Å². The van der Waals surface area contributed by atoms with E-state index in [4.69, 9.17) is 9.47 Å². The van der Waals surface area contributed by atoms with E-state index >= 15 is 0 Å². The third-order valence-electron chi connectivity index (χ3n) is 3.64. The predicted molar refractivity (Wildman–Crippen MR) is 89.3 cm³/mol. The summed E-state index contributed by atoms with van der Waals surface area (Å²) in [5.74, 6) is 0.0555. The molecule has 126 valence electrons. The first-order chi connectivity index (χ1) is 11.6. The predicted octanol–water partition coefficient (Wildman–Crippen LogP) is 1.91. The van der Waals surface area contributed by atoms with Crippen molar-refractivity contribution in [2.45, 2.75) is 13.0 Å². The zero-order valence-corrected chi connectivity index (χ0v) is 14.8. The molecule has 2 aromatic rings. The van der Waals surface area contributed by atoms with E-state index < -0.39 is 12.0 Å². The molecule has 3 rings (SSSR count). The number of anilines is 1. The molecule has 0 aliphatic carbocycles. The molecular formula is C15H16BrN5O3. The van der Waals surface area contributed by atoms with Crippen molar-refractivity contribution < 1.29 is 14.3 Å². The first-order valence-corrected chi connectivity index (χ1v) is 8.08.